The van der Waals surface area contributed by atoms with Crippen LogP contribution in [0.1, 0.15) is 22.8 Å². The quantitative estimate of drug-likeness (QED) is 0.597. The van der Waals surface area contributed by atoms with Crippen LogP contribution in [0.3, 0.4) is 0 Å². The van der Waals surface area contributed by atoms with E-state index in [0.29, 0.717) is 5.69 Å². The lowest BCUT2D eigenvalue weighted by atomic mass is 10.2. The molecule has 0 radical (unpaired) electrons. The third-order valence-corrected chi connectivity index (χ3v) is 6.32. The molecule has 0 aromatic heterocycles. The number of rotatable bonds is 6. The molecule has 0 heterocycles. The number of aryl methyl sites for hydroxylation is 1. The molecule has 0 saturated heterocycles. The van der Waals surface area contributed by atoms with Gasteiger partial charge in [0, 0.05) is 12.1 Å². The lowest BCUT2D eigenvalue weighted by Crippen LogP contribution is -2.30. The molecular formula is C22H22N2O4S. The summed E-state index contributed by atoms with van der Waals surface area (Å²) in [6.45, 7) is 3.83. The maximum absolute atomic E-state index is 13.1. The number of anilines is 2. The molecular weight excluding hydrogens is 388 g/mol. The van der Waals surface area contributed by atoms with Gasteiger partial charge in [0.05, 0.1) is 16.3 Å². The molecule has 0 aliphatic carbocycles. The van der Waals surface area contributed by atoms with Crippen molar-refractivity contribution in [3.63, 3.8) is 0 Å². The molecule has 0 atom stereocenters. The lowest BCUT2D eigenvalue weighted by Gasteiger charge is -2.23. The molecule has 0 aliphatic heterocycles. The SMILES string of the molecule is CCN(c1ccccc1)S(=O)(=O)c1cccc(C(=O)Nc2ccc(C)cc2O)c1. The predicted octanol–water partition coefficient (Wildman–Crippen LogP) is 4.17. The standard InChI is InChI=1S/C22H22N2O4S/c1-3-24(18-9-5-4-6-10-18)29(27,28)19-11-7-8-17(15-19)22(26)23-20-13-12-16(2)14-21(20)25/h4-15,25H,3H2,1-2H3,(H,23,26). The number of carbonyl (C=O) groups excluding carboxylic acids is 1. The topological polar surface area (TPSA) is 86.7 Å². The lowest BCUT2D eigenvalue weighted by molar-refractivity contribution is 0.102. The number of benzene rings is 3. The number of hydrogen-bond donors (Lipinski definition) is 2. The molecule has 0 fully saturated rings. The number of nitrogens with one attached hydrogen (secondary N) is 1. The van der Waals surface area contributed by atoms with Crippen LogP contribution in [0, 0.1) is 6.92 Å². The van der Waals surface area contributed by atoms with E-state index < -0.39 is 15.9 Å². The number of carbonyl (C=O) groups is 1. The number of sulfonamides is 1. The van der Waals surface area contributed by atoms with Gasteiger partial charge >= 0.3 is 0 Å². The van der Waals surface area contributed by atoms with Gasteiger partial charge in [0.2, 0.25) is 0 Å². The molecule has 3 aromatic carbocycles. The second kappa shape index (κ2) is 8.36. The van der Waals surface area contributed by atoms with Crippen LogP contribution < -0.4 is 9.62 Å². The average Bonchev–Trinajstić information content (AvgIpc) is 2.71. The zero-order chi connectivity index (χ0) is 21.0. The molecule has 0 bridgehead atoms. The first-order valence-corrected chi connectivity index (χ1v) is 10.6. The van der Waals surface area contributed by atoms with Gasteiger partial charge in [-0.15, -0.1) is 0 Å². The van der Waals surface area contributed by atoms with Gasteiger partial charge in [-0.1, -0.05) is 30.3 Å². The number of amides is 1. The Bertz CT molecular complexity index is 1130. The van der Waals surface area contributed by atoms with Crippen LogP contribution in [0.2, 0.25) is 0 Å². The average molecular weight is 410 g/mol. The Hall–Kier alpha value is -3.32. The molecule has 0 saturated carbocycles. The van der Waals surface area contributed by atoms with E-state index >= 15 is 0 Å². The number of hydrogen-bond acceptors (Lipinski definition) is 4. The minimum atomic E-state index is -3.84. The van der Waals surface area contributed by atoms with Crippen molar-refractivity contribution in [2.45, 2.75) is 18.7 Å². The van der Waals surface area contributed by atoms with Gasteiger partial charge < -0.3 is 10.4 Å². The zero-order valence-electron chi connectivity index (χ0n) is 16.2. The van der Waals surface area contributed by atoms with E-state index in [-0.39, 0.29) is 28.4 Å². The maximum Gasteiger partial charge on any atom is 0.264 e. The van der Waals surface area contributed by atoms with Crippen molar-refractivity contribution in [3.8, 4) is 5.75 Å². The highest BCUT2D eigenvalue weighted by molar-refractivity contribution is 7.92. The molecule has 0 spiro atoms. The Kier molecular flexibility index (Phi) is 5.89. The highest BCUT2D eigenvalue weighted by Gasteiger charge is 2.24. The summed E-state index contributed by atoms with van der Waals surface area (Å²) < 4.78 is 27.6. The summed E-state index contributed by atoms with van der Waals surface area (Å²) >= 11 is 0. The fraction of sp³-hybridized carbons (Fsp3) is 0.136. The van der Waals surface area contributed by atoms with Gasteiger partial charge in [-0.25, -0.2) is 8.42 Å². The first kappa shape index (κ1) is 20.4. The van der Waals surface area contributed by atoms with Crippen LogP contribution in [0.25, 0.3) is 0 Å². The second-order valence-electron chi connectivity index (χ2n) is 6.51. The third kappa shape index (κ3) is 4.41. The number of phenols is 1. The number of nitrogens with zero attached hydrogens (tertiary/aromatic N) is 1. The summed E-state index contributed by atoms with van der Waals surface area (Å²) in [6, 6.07) is 19.5. The fourth-order valence-electron chi connectivity index (χ4n) is 2.95. The van der Waals surface area contributed by atoms with Crippen LogP contribution in [0.5, 0.6) is 5.75 Å². The van der Waals surface area contributed by atoms with E-state index in [9.17, 15) is 18.3 Å². The molecule has 1 amide bonds. The zero-order valence-corrected chi connectivity index (χ0v) is 17.0. The van der Waals surface area contributed by atoms with Crippen molar-refractivity contribution < 1.29 is 18.3 Å². The number of aromatic hydroxyl groups is 1. The maximum atomic E-state index is 13.1. The molecule has 0 aliphatic rings. The van der Waals surface area contributed by atoms with Crippen molar-refractivity contribution in [2.75, 3.05) is 16.2 Å². The highest BCUT2D eigenvalue weighted by atomic mass is 32.2. The third-order valence-electron chi connectivity index (χ3n) is 4.42. The van der Waals surface area contributed by atoms with Crippen molar-refractivity contribution >= 4 is 27.3 Å². The minimum Gasteiger partial charge on any atom is -0.506 e. The van der Waals surface area contributed by atoms with Gasteiger partial charge in [0.15, 0.2) is 0 Å². The fourth-order valence-corrected chi connectivity index (χ4v) is 4.47. The van der Waals surface area contributed by atoms with Gasteiger partial charge in [0.1, 0.15) is 5.75 Å². The second-order valence-corrected chi connectivity index (χ2v) is 8.37. The van der Waals surface area contributed by atoms with Gasteiger partial charge in [0.25, 0.3) is 15.9 Å². The van der Waals surface area contributed by atoms with E-state index in [4.69, 9.17) is 0 Å². The number of para-hydroxylation sites is 1. The van der Waals surface area contributed by atoms with E-state index in [2.05, 4.69) is 5.32 Å². The molecule has 6 nitrogen and oxygen atoms in total. The molecule has 150 valence electrons. The van der Waals surface area contributed by atoms with Crippen LogP contribution in [0.15, 0.2) is 77.7 Å². The van der Waals surface area contributed by atoms with E-state index in [1.165, 1.54) is 34.6 Å². The summed E-state index contributed by atoms with van der Waals surface area (Å²) in [6.07, 6.45) is 0. The van der Waals surface area contributed by atoms with Crippen LogP contribution in [-0.4, -0.2) is 26.0 Å². The first-order chi connectivity index (χ1) is 13.8. The molecule has 3 rings (SSSR count). The van der Waals surface area contributed by atoms with Crippen molar-refractivity contribution in [1.29, 1.82) is 0 Å². The Morgan fingerprint density at radius 3 is 2.38 bits per heavy atom. The van der Waals surface area contributed by atoms with Crippen molar-refractivity contribution in [2.24, 2.45) is 0 Å². The monoisotopic (exact) mass is 410 g/mol. The Morgan fingerprint density at radius 2 is 1.72 bits per heavy atom. The van der Waals surface area contributed by atoms with Crippen LogP contribution in [0.4, 0.5) is 11.4 Å². The molecule has 3 aromatic rings. The van der Waals surface area contributed by atoms with E-state index in [1.807, 2.05) is 13.0 Å². The van der Waals surface area contributed by atoms with Gasteiger partial charge in [-0.05, 0) is 61.9 Å². The minimum absolute atomic E-state index is 0.0176. The van der Waals surface area contributed by atoms with Crippen molar-refractivity contribution in [1.82, 2.24) is 0 Å². The van der Waals surface area contributed by atoms with Gasteiger partial charge in [-0.2, -0.15) is 0 Å². The summed E-state index contributed by atoms with van der Waals surface area (Å²) in [5, 5.41) is 12.6. The Labute approximate surface area is 170 Å². The highest BCUT2D eigenvalue weighted by Crippen LogP contribution is 2.26. The molecule has 2 N–H and O–H groups in total. The first-order valence-electron chi connectivity index (χ1n) is 9.11. The molecule has 29 heavy (non-hydrogen) atoms. The van der Waals surface area contributed by atoms with E-state index in [1.54, 1.807) is 43.3 Å². The van der Waals surface area contributed by atoms with Crippen LogP contribution >= 0.6 is 0 Å². The summed E-state index contributed by atoms with van der Waals surface area (Å²) in [5.41, 5.74) is 1.84. The Balaban J connectivity index is 1.91. The predicted molar refractivity (Wildman–Crippen MR) is 114 cm³/mol. The van der Waals surface area contributed by atoms with Crippen molar-refractivity contribution in [3.05, 3.63) is 83.9 Å². The summed E-state index contributed by atoms with van der Waals surface area (Å²) in [4.78, 5) is 12.6. The number of phenolic OH excluding ortho intramolecular Hbond substituents is 1. The largest absolute Gasteiger partial charge is 0.506 e. The van der Waals surface area contributed by atoms with Gasteiger partial charge in [-0.3, -0.25) is 9.10 Å². The smallest absolute Gasteiger partial charge is 0.264 e. The van der Waals surface area contributed by atoms with Crippen LogP contribution in [-0.2, 0) is 10.0 Å². The normalized spacial score (nSPS) is 11.1. The molecule has 7 heteroatoms. The Morgan fingerprint density at radius 1 is 1.00 bits per heavy atom. The summed E-state index contributed by atoms with van der Waals surface area (Å²) in [5.74, 6) is -0.563. The summed E-state index contributed by atoms with van der Waals surface area (Å²) in [7, 11) is -3.84. The van der Waals surface area contributed by atoms with E-state index in [0.717, 1.165) is 5.56 Å². The molecule has 0 unspecified atom stereocenters.